The molecule has 5 nitrogen and oxygen atoms in total. The highest BCUT2D eigenvalue weighted by molar-refractivity contribution is 5.86. The number of carbonyl (C=O) groups excluding carboxylic acids is 1. The lowest BCUT2D eigenvalue weighted by Gasteiger charge is -2.13. The zero-order valence-corrected chi connectivity index (χ0v) is 7.42. The summed E-state index contributed by atoms with van der Waals surface area (Å²) >= 11 is 0. The molecule has 0 aliphatic rings. The van der Waals surface area contributed by atoms with Crippen molar-refractivity contribution in [3.63, 3.8) is 0 Å². The summed E-state index contributed by atoms with van der Waals surface area (Å²) in [6.45, 7) is 3.08. The molecule has 0 fully saturated rings. The molecule has 0 heterocycles. The number of nitrogens with one attached hydrogen (secondary N) is 2. The van der Waals surface area contributed by atoms with E-state index in [2.05, 4.69) is 10.6 Å². The number of aliphatic carboxylic acids is 1. The van der Waals surface area contributed by atoms with E-state index in [1.807, 2.05) is 0 Å². The van der Waals surface area contributed by atoms with Crippen molar-refractivity contribution in [3.8, 4) is 0 Å². The molecule has 70 valence electrons. The van der Waals surface area contributed by atoms with E-state index < -0.39 is 12.0 Å². The molecule has 3 N–H and O–H groups in total. The smallest absolute Gasteiger partial charge is 0.325 e. The van der Waals surface area contributed by atoms with E-state index in [4.69, 9.17) is 5.11 Å². The second kappa shape index (κ2) is 4.71. The molecule has 0 aromatic heterocycles. The van der Waals surface area contributed by atoms with Crippen LogP contribution in [0.2, 0.25) is 0 Å². The molecule has 0 saturated carbocycles. The Bertz CT molecular complexity index is 181. The van der Waals surface area contributed by atoms with Crippen LogP contribution in [0.1, 0.15) is 13.8 Å². The molecule has 1 amide bonds. The molecule has 0 aliphatic heterocycles. The summed E-state index contributed by atoms with van der Waals surface area (Å²) in [6, 6.07) is -1.21. The molecular formula is C7H14N2O3. The highest BCUT2D eigenvalue weighted by Crippen LogP contribution is 1.85. The van der Waals surface area contributed by atoms with Crippen LogP contribution in [0.3, 0.4) is 0 Å². The number of carboxylic acid groups (broad SMARTS) is 1. The Morgan fingerprint density at radius 2 is 1.75 bits per heavy atom. The number of hydrogen-bond acceptors (Lipinski definition) is 3. The van der Waals surface area contributed by atoms with E-state index in [0.717, 1.165) is 0 Å². The first-order valence-electron chi connectivity index (χ1n) is 3.69. The lowest BCUT2D eigenvalue weighted by atomic mass is 10.3. The highest BCUT2D eigenvalue weighted by atomic mass is 16.4. The van der Waals surface area contributed by atoms with Gasteiger partial charge in [-0.05, 0) is 20.9 Å². The van der Waals surface area contributed by atoms with Gasteiger partial charge in [-0.2, -0.15) is 0 Å². The predicted molar refractivity (Wildman–Crippen MR) is 43.8 cm³/mol. The topological polar surface area (TPSA) is 78.4 Å². The number of carbonyl (C=O) groups is 2. The minimum absolute atomic E-state index is 0.313. The fraction of sp³-hybridized carbons (Fsp3) is 0.714. The van der Waals surface area contributed by atoms with Gasteiger partial charge in [0.2, 0.25) is 5.91 Å². The van der Waals surface area contributed by atoms with Gasteiger partial charge in [0.1, 0.15) is 6.04 Å². The molecule has 0 radical (unpaired) electrons. The third kappa shape index (κ3) is 3.34. The summed E-state index contributed by atoms with van der Waals surface area (Å²) in [4.78, 5) is 21.4. The summed E-state index contributed by atoms with van der Waals surface area (Å²) in [7, 11) is 1.63. The van der Waals surface area contributed by atoms with E-state index in [9.17, 15) is 9.59 Å². The lowest BCUT2D eigenvalue weighted by Crippen LogP contribution is -2.46. The van der Waals surface area contributed by atoms with Gasteiger partial charge < -0.3 is 15.7 Å². The Hall–Kier alpha value is -1.10. The average Bonchev–Trinajstić information content (AvgIpc) is 2.02. The first kappa shape index (κ1) is 10.9. The van der Waals surface area contributed by atoms with Gasteiger partial charge in [-0.25, -0.2) is 0 Å². The van der Waals surface area contributed by atoms with Crippen molar-refractivity contribution >= 4 is 11.9 Å². The van der Waals surface area contributed by atoms with Crippen molar-refractivity contribution in [2.75, 3.05) is 7.05 Å². The van der Waals surface area contributed by atoms with Gasteiger partial charge in [0.05, 0.1) is 6.04 Å². The van der Waals surface area contributed by atoms with Gasteiger partial charge in [-0.3, -0.25) is 9.59 Å². The maximum atomic E-state index is 11.1. The summed E-state index contributed by atoms with van der Waals surface area (Å²) in [5.41, 5.74) is 0. The number of amides is 1. The Kier molecular flexibility index (Phi) is 4.28. The summed E-state index contributed by atoms with van der Waals surface area (Å²) < 4.78 is 0. The van der Waals surface area contributed by atoms with Crippen LogP contribution in [-0.4, -0.2) is 36.1 Å². The molecule has 0 rings (SSSR count). The van der Waals surface area contributed by atoms with Crippen LogP contribution in [0, 0.1) is 0 Å². The SMILES string of the molecule is CN[C@H](C)C(=O)N[C@@H](C)C(=O)O. The maximum absolute atomic E-state index is 11.1. The zero-order chi connectivity index (χ0) is 9.72. The Morgan fingerprint density at radius 1 is 1.25 bits per heavy atom. The number of carboxylic acids is 1. The van der Waals surface area contributed by atoms with Crippen molar-refractivity contribution < 1.29 is 14.7 Å². The lowest BCUT2D eigenvalue weighted by molar-refractivity contribution is -0.141. The summed E-state index contributed by atoms with van der Waals surface area (Å²) in [5.74, 6) is -1.35. The summed E-state index contributed by atoms with van der Waals surface area (Å²) in [5, 5.41) is 13.5. The van der Waals surface area contributed by atoms with Gasteiger partial charge in [-0.15, -0.1) is 0 Å². The molecule has 0 aliphatic carbocycles. The molecule has 12 heavy (non-hydrogen) atoms. The van der Waals surface area contributed by atoms with Gasteiger partial charge >= 0.3 is 5.97 Å². The van der Waals surface area contributed by atoms with Crippen LogP contribution in [0.4, 0.5) is 0 Å². The molecule has 0 saturated heterocycles. The molecule has 0 bridgehead atoms. The quantitative estimate of drug-likeness (QED) is 0.520. The Balaban J connectivity index is 3.92. The average molecular weight is 174 g/mol. The normalized spacial score (nSPS) is 14.9. The van der Waals surface area contributed by atoms with Gasteiger partial charge in [-0.1, -0.05) is 0 Å². The van der Waals surface area contributed by atoms with Crippen molar-refractivity contribution in [2.45, 2.75) is 25.9 Å². The Labute approximate surface area is 71.1 Å². The molecule has 0 spiro atoms. The van der Waals surface area contributed by atoms with E-state index in [1.54, 1.807) is 14.0 Å². The first-order chi connectivity index (χ1) is 5.49. The van der Waals surface area contributed by atoms with Crippen LogP contribution >= 0.6 is 0 Å². The van der Waals surface area contributed by atoms with Crippen LogP contribution in [0.5, 0.6) is 0 Å². The first-order valence-corrected chi connectivity index (χ1v) is 3.69. The van der Waals surface area contributed by atoms with Crippen LogP contribution < -0.4 is 10.6 Å². The molecular weight excluding hydrogens is 160 g/mol. The number of hydrogen-bond donors (Lipinski definition) is 3. The summed E-state index contributed by atoms with van der Waals surface area (Å²) in [6.07, 6.45) is 0. The monoisotopic (exact) mass is 174 g/mol. The molecule has 0 aromatic rings. The van der Waals surface area contributed by atoms with Gasteiger partial charge in [0.25, 0.3) is 0 Å². The van der Waals surface area contributed by atoms with E-state index in [1.165, 1.54) is 6.92 Å². The third-order valence-corrected chi connectivity index (χ3v) is 1.56. The highest BCUT2D eigenvalue weighted by Gasteiger charge is 2.16. The minimum atomic E-state index is -1.04. The van der Waals surface area contributed by atoms with Crippen molar-refractivity contribution in [1.82, 2.24) is 10.6 Å². The number of rotatable bonds is 4. The molecule has 0 unspecified atom stereocenters. The minimum Gasteiger partial charge on any atom is -0.480 e. The fourth-order valence-electron chi connectivity index (χ4n) is 0.531. The fourth-order valence-corrected chi connectivity index (χ4v) is 0.531. The second-order valence-electron chi connectivity index (χ2n) is 2.58. The van der Waals surface area contributed by atoms with Crippen molar-refractivity contribution in [3.05, 3.63) is 0 Å². The van der Waals surface area contributed by atoms with Crippen LogP contribution in [-0.2, 0) is 9.59 Å². The predicted octanol–water partition coefficient (Wildman–Crippen LogP) is -0.816. The van der Waals surface area contributed by atoms with E-state index in [-0.39, 0.29) is 11.9 Å². The van der Waals surface area contributed by atoms with E-state index >= 15 is 0 Å². The van der Waals surface area contributed by atoms with E-state index in [0.29, 0.717) is 0 Å². The maximum Gasteiger partial charge on any atom is 0.325 e. The molecule has 5 heteroatoms. The molecule has 0 aromatic carbocycles. The number of likely N-dealkylation sites (N-methyl/N-ethyl adjacent to an activating group) is 1. The van der Waals surface area contributed by atoms with Gasteiger partial charge in [0.15, 0.2) is 0 Å². The van der Waals surface area contributed by atoms with Crippen molar-refractivity contribution in [2.24, 2.45) is 0 Å². The van der Waals surface area contributed by atoms with Gasteiger partial charge in [0, 0.05) is 0 Å². The molecule has 2 atom stereocenters. The second-order valence-corrected chi connectivity index (χ2v) is 2.58. The van der Waals surface area contributed by atoms with Crippen LogP contribution in [0.15, 0.2) is 0 Å². The third-order valence-electron chi connectivity index (χ3n) is 1.56. The standard InChI is InChI=1S/C7H14N2O3/c1-4(8-3)6(10)9-5(2)7(11)12/h4-5,8H,1-3H3,(H,9,10)(H,11,12)/t4-,5+/m1/s1. The largest absolute Gasteiger partial charge is 0.480 e. The van der Waals surface area contributed by atoms with Crippen LogP contribution in [0.25, 0.3) is 0 Å². The zero-order valence-electron chi connectivity index (χ0n) is 7.42. The Morgan fingerprint density at radius 3 is 2.08 bits per heavy atom. The van der Waals surface area contributed by atoms with Crippen molar-refractivity contribution in [1.29, 1.82) is 0 Å².